The Morgan fingerprint density at radius 3 is 2.88 bits per heavy atom. The standard InChI is InChI=1S/C17H24N4O3/c1-10-5-12(10)17(23)21-7-13-11(9-24-15(13)8-21)6-18-16(22)14-3-4-19-20(14)2/h3-4,10-13,15H,5-9H2,1-2H3,(H,18,22)/t10-,11+,12-,13+,15+/m0/s1. The summed E-state index contributed by atoms with van der Waals surface area (Å²) < 4.78 is 7.45. The molecular weight excluding hydrogens is 308 g/mol. The molecule has 0 unspecified atom stereocenters. The fourth-order valence-electron chi connectivity index (χ4n) is 4.00. The summed E-state index contributed by atoms with van der Waals surface area (Å²) in [5, 5.41) is 7.00. The SMILES string of the molecule is C[C@H]1C[C@@H]1C(=O)N1C[C@@H]2[C@H](CNC(=O)c3ccnn3C)CO[C@@H]2C1. The van der Waals surface area contributed by atoms with Crippen molar-refractivity contribution in [1.82, 2.24) is 20.0 Å². The predicted octanol–water partition coefficient (Wildman–Crippen LogP) is 0.279. The van der Waals surface area contributed by atoms with Gasteiger partial charge in [-0.15, -0.1) is 0 Å². The fraction of sp³-hybridized carbons (Fsp3) is 0.706. The first-order valence-corrected chi connectivity index (χ1v) is 8.71. The van der Waals surface area contributed by atoms with E-state index in [1.165, 1.54) is 0 Å². The minimum atomic E-state index is -0.115. The molecule has 1 N–H and O–H groups in total. The first-order chi connectivity index (χ1) is 11.5. The van der Waals surface area contributed by atoms with E-state index in [0.717, 1.165) is 13.0 Å². The van der Waals surface area contributed by atoms with Gasteiger partial charge in [0.2, 0.25) is 5.91 Å². The topological polar surface area (TPSA) is 76.5 Å². The van der Waals surface area contributed by atoms with Gasteiger partial charge in [-0.2, -0.15) is 5.10 Å². The van der Waals surface area contributed by atoms with Crippen LogP contribution in [0.1, 0.15) is 23.8 Å². The van der Waals surface area contributed by atoms with Gasteiger partial charge < -0.3 is 15.0 Å². The molecule has 0 aromatic carbocycles. The van der Waals surface area contributed by atoms with Gasteiger partial charge >= 0.3 is 0 Å². The summed E-state index contributed by atoms with van der Waals surface area (Å²) in [5.74, 6) is 1.53. The number of aryl methyl sites for hydroxylation is 1. The van der Waals surface area contributed by atoms with Crippen LogP contribution >= 0.6 is 0 Å². The molecule has 2 amide bonds. The normalized spacial score (nSPS) is 34.2. The van der Waals surface area contributed by atoms with Crippen LogP contribution in [0.4, 0.5) is 0 Å². The Morgan fingerprint density at radius 1 is 1.42 bits per heavy atom. The molecule has 0 spiro atoms. The molecule has 24 heavy (non-hydrogen) atoms. The third-order valence-electron chi connectivity index (χ3n) is 5.76. The number of hydrogen-bond acceptors (Lipinski definition) is 4. The number of amides is 2. The highest BCUT2D eigenvalue weighted by Gasteiger charge is 2.49. The molecular formula is C17H24N4O3. The van der Waals surface area contributed by atoms with E-state index in [1.807, 2.05) is 4.90 Å². The number of aromatic nitrogens is 2. The molecule has 1 aliphatic carbocycles. The quantitative estimate of drug-likeness (QED) is 0.859. The smallest absolute Gasteiger partial charge is 0.269 e. The zero-order valence-corrected chi connectivity index (χ0v) is 14.1. The van der Waals surface area contributed by atoms with Crippen LogP contribution in [-0.2, 0) is 16.6 Å². The minimum absolute atomic E-state index is 0.115. The van der Waals surface area contributed by atoms with E-state index in [2.05, 4.69) is 17.3 Å². The van der Waals surface area contributed by atoms with Gasteiger partial charge in [-0.1, -0.05) is 6.92 Å². The maximum absolute atomic E-state index is 12.4. The summed E-state index contributed by atoms with van der Waals surface area (Å²) in [4.78, 5) is 26.6. The maximum Gasteiger partial charge on any atom is 0.269 e. The van der Waals surface area contributed by atoms with Gasteiger partial charge in [-0.25, -0.2) is 0 Å². The number of fused-ring (bicyclic) bond motifs is 1. The molecule has 2 aliphatic heterocycles. The van der Waals surface area contributed by atoms with E-state index in [0.29, 0.717) is 37.2 Å². The summed E-state index contributed by atoms with van der Waals surface area (Å²) in [6.07, 6.45) is 2.76. The molecule has 2 saturated heterocycles. The van der Waals surface area contributed by atoms with E-state index in [-0.39, 0.29) is 29.8 Å². The van der Waals surface area contributed by atoms with Crippen LogP contribution in [0.3, 0.4) is 0 Å². The Morgan fingerprint density at radius 2 is 2.21 bits per heavy atom. The first kappa shape index (κ1) is 15.6. The summed E-state index contributed by atoms with van der Waals surface area (Å²) in [6, 6.07) is 1.70. The number of rotatable bonds is 4. The highest BCUT2D eigenvalue weighted by molar-refractivity contribution is 5.92. The lowest BCUT2D eigenvalue weighted by atomic mass is 9.93. The second kappa shape index (κ2) is 5.88. The number of carbonyl (C=O) groups is 2. The van der Waals surface area contributed by atoms with Crippen molar-refractivity contribution in [2.45, 2.75) is 19.4 Å². The van der Waals surface area contributed by atoms with Crippen molar-refractivity contribution in [2.24, 2.45) is 30.7 Å². The second-order valence-corrected chi connectivity index (χ2v) is 7.41. The molecule has 0 radical (unpaired) electrons. The van der Waals surface area contributed by atoms with Crippen molar-refractivity contribution >= 4 is 11.8 Å². The molecule has 0 bridgehead atoms. The average Bonchev–Trinajstić information content (AvgIpc) is 2.94. The predicted molar refractivity (Wildman–Crippen MR) is 86.1 cm³/mol. The van der Waals surface area contributed by atoms with Gasteiger partial charge in [0.1, 0.15) is 5.69 Å². The molecule has 7 nitrogen and oxygen atoms in total. The number of carbonyl (C=O) groups excluding carboxylic acids is 2. The lowest BCUT2D eigenvalue weighted by Crippen LogP contribution is -2.36. The number of ether oxygens (including phenoxy) is 1. The van der Waals surface area contributed by atoms with E-state index < -0.39 is 0 Å². The van der Waals surface area contributed by atoms with Crippen molar-refractivity contribution in [3.05, 3.63) is 18.0 Å². The molecule has 130 valence electrons. The Hall–Kier alpha value is -1.89. The van der Waals surface area contributed by atoms with E-state index >= 15 is 0 Å². The second-order valence-electron chi connectivity index (χ2n) is 7.41. The van der Waals surface area contributed by atoms with Crippen LogP contribution in [-0.4, -0.2) is 58.8 Å². The molecule has 1 aromatic rings. The third-order valence-corrected chi connectivity index (χ3v) is 5.76. The maximum atomic E-state index is 12.4. The molecule has 3 fully saturated rings. The van der Waals surface area contributed by atoms with Crippen molar-refractivity contribution in [2.75, 3.05) is 26.2 Å². The van der Waals surface area contributed by atoms with Crippen molar-refractivity contribution in [3.8, 4) is 0 Å². The lowest BCUT2D eigenvalue weighted by molar-refractivity contribution is -0.132. The minimum Gasteiger partial charge on any atom is -0.376 e. The third kappa shape index (κ3) is 2.70. The van der Waals surface area contributed by atoms with E-state index in [9.17, 15) is 9.59 Å². The Bertz CT molecular complexity index is 658. The molecule has 3 aliphatic rings. The molecule has 7 heteroatoms. The summed E-state index contributed by atoms with van der Waals surface area (Å²) in [7, 11) is 1.75. The summed E-state index contributed by atoms with van der Waals surface area (Å²) in [6.45, 7) is 4.83. The highest BCUT2D eigenvalue weighted by atomic mass is 16.5. The first-order valence-electron chi connectivity index (χ1n) is 8.71. The average molecular weight is 332 g/mol. The Labute approximate surface area is 141 Å². The van der Waals surface area contributed by atoms with Crippen LogP contribution in [0.25, 0.3) is 0 Å². The van der Waals surface area contributed by atoms with Crippen LogP contribution in [0.5, 0.6) is 0 Å². The largest absolute Gasteiger partial charge is 0.376 e. The van der Waals surface area contributed by atoms with Gasteiger partial charge in [0.15, 0.2) is 0 Å². The summed E-state index contributed by atoms with van der Waals surface area (Å²) >= 11 is 0. The van der Waals surface area contributed by atoms with Gasteiger partial charge in [-0.3, -0.25) is 14.3 Å². The number of nitrogens with zero attached hydrogens (tertiary/aromatic N) is 3. The number of hydrogen-bond donors (Lipinski definition) is 1. The van der Waals surface area contributed by atoms with Crippen molar-refractivity contribution < 1.29 is 14.3 Å². The zero-order chi connectivity index (χ0) is 16.8. The van der Waals surface area contributed by atoms with E-state index in [1.54, 1.807) is 24.0 Å². The van der Waals surface area contributed by atoms with Gasteiger partial charge in [0, 0.05) is 50.6 Å². The van der Waals surface area contributed by atoms with Crippen LogP contribution in [0.15, 0.2) is 12.3 Å². The van der Waals surface area contributed by atoms with Gasteiger partial charge in [-0.05, 0) is 18.4 Å². The highest BCUT2D eigenvalue weighted by Crippen LogP contribution is 2.41. The molecule has 5 atom stereocenters. The molecule has 1 aromatic heterocycles. The van der Waals surface area contributed by atoms with Crippen LogP contribution in [0.2, 0.25) is 0 Å². The molecule has 3 heterocycles. The molecule has 1 saturated carbocycles. The fourth-order valence-corrected chi connectivity index (χ4v) is 4.00. The number of likely N-dealkylation sites (tertiary alicyclic amines) is 1. The van der Waals surface area contributed by atoms with Crippen LogP contribution in [0, 0.1) is 23.7 Å². The summed E-state index contributed by atoms with van der Waals surface area (Å²) in [5.41, 5.74) is 0.552. The zero-order valence-electron chi connectivity index (χ0n) is 14.1. The van der Waals surface area contributed by atoms with E-state index in [4.69, 9.17) is 4.74 Å². The van der Waals surface area contributed by atoms with Gasteiger partial charge in [0.05, 0.1) is 12.7 Å². The Kier molecular flexibility index (Phi) is 3.83. The van der Waals surface area contributed by atoms with Crippen molar-refractivity contribution in [1.29, 1.82) is 0 Å². The number of nitrogens with one attached hydrogen (secondary N) is 1. The van der Waals surface area contributed by atoms with Gasteiger partial charge in [0.25, 0.3) is 5.91 Å². The van der Waals surface area contributed by atoms with Crippen LogP contribution < -0.4 is 5.32 Å². The lowest BCUT2D eigenvalue weighted by Gasteiger charge is -2.20. The van der Waals surface area contributed by atoms with Crippen molar-refractivity contribution in [3.63, 3.8) is 0 Å². The monoisotopic (exact) mass is 332 g/mol. The Balaban J connectivity index is 1.32. The molecule has 4 rings (SSSR count).